The summed E-state index contributed by atoms with van der Waals surface area (Å²) >= 11 is 0. The summed E-state index contributed by atoms with van der Waals surface area (Å²) < 4.78 is 22.4. The van der Waals surface area contributed by atoms with E-state index in [1.54, 1.807) is 26.2 Å². The predicted octanol–water partition coefficient (Wildman–Crippen LogP) is 0.758. The van der Waals surface area contributed by atoms with Crippen LogP contribution in [-0.4, -0.2) is 64.5 Å². The number of aliphatic hydroxyl groups excluding tert-OH is 1. The van der Waals surface area contributed by atoms with E-state index in [2.05, 4.69) is 10.1 Å². The molecule has 0 aliphatic carbocycles. The maximum Gasteiger partial charge on any atom is 0.508 e. The topological polar surface area (TPSA) is 154 Å². The Bertz CT molecular complexity index is 912. The number of nitrogen functional groups attached to an aromatic ring is 1. The molecule has 0 amide bonds. The van der Waals surface area contributed by atoms with Crippen molar-refractivity contribution in [3.05, 3.63) is 24.2 Å². The highest BCUT2D eigenvalue weighted by Gasteiger charge is 2.52. The SMILES string of the molecule is COCC[C@@H](C)OC(=O)OC[C@@H]1C[C@@H](O)[C@](C#N)(c2ccc3c(N)ncnn23)O1. The largest absolute Gasteiger partial charge is 0.508 e. The third-order valence-corrected chi connectivity index (χ3v) is 4.75. The highest BCUT2D eigenvalue weighted by Crippen LogP contribution is 2.40. The summed E-state index contributed by atoms with van der Waals surface area (Å²) in [6.07, 6.45) is -1.20. The molecular formula is C18H23N5O6. The molecule has 0 saturated carbocycles. The molecule has 29 heavy (non-hydrogen) atoms. The van der Waals surface area contributed by atoms with E-state index in [1.807, 2.05) is 6.07 Å². The number of hydrogen-bond donors (Lipinski definition) is 2. The number of aromatic nitrogens is 3. The lowest BCUT2D eigenvalue weighted by Gasteiger charge is -2.24. The molecule has 1 aliphatic heterocycles. The Labute approximate surface area is 166 Å². The maximum absolute atomic E-state index is 11.8. The van der Waals surface area contributed by atoms with Crippen molar-refractivity contribution in [2.75, 3.05) is 26.1 Å². The van der Waals surface area contributed by atoms with Gasteiger partial charge in [-0.15, -0.1) is 0 Å². The van der Waals surface area contributed by atoms with E-state index in [-0.39, 0.29) is 24.9 Å². The van der Waals surface area contributed by atoms with Crippen LogP contribution >= 0.6 is 0 Å². The number of aliphatic hydroxyl groups is 1. The molecule has 0 bridgehead atoms. The van der Waals surface area contributed by atoms with Crippen LogP contribution in [0.5, 0.6) is 0 Å². The number of carbonyl (C=O) groups excluding carboxylic acids is 1. The quantitative estimate of drug-likeness (QED) is 0.631. The summed E-state index contributed by atoms with van der Waals surface area (Å²) in [6.45, 7) is 2.01. The predicted molar refractivity (Wildman–Crippen MR) is 98.6 cm³/mol. The van der Waals surface area contributed by atoms with Crippen LogP contribution < -0.4 is 5.73 Å². The van der Waals surface area contributed by atoms with Crippen LogP contribution in [-0.2, 0) is 24.5 Å². The minimum absolute atomic E-state index is 0.0911. The van der Waals surface area contributed by atoms with Crippen molar-refractivity contribution >= 4 is 17.5 Å². The fraction of sp³-hybridized carbons (Fsp3) is 0.556. The van der Waals surface area contributed by atoms with Gasteiger partial charge in [0.25, 0.3) is 0 Å². The van der Waals surface area contributed by atoms with Gasteiger partial charge in [0, 0.05) is 26.6 Å². The summed E-state index contributed by atoms with van der Waals surface area (Å²) in [5.74, 6) is 0.233. The van der Waals surface area contributed by atoms with Crippen LogP contribution in [0.4, 0.5) is 10.6 Å². The molecule has 0 spiro atoms. The first kappa shape index (κ1) is 20.8. The van der Waals surface area contributed by atoms with E-state index in [4.69, 9.17) is 24.7 Å². The van der Waals surface area contributed by atoms with Gasteiger partial charge in [-0.2, -0.15) is 10.4 Å². The molecule has 3 heterocycles. The molecule has 2 aromatic rings. The third-order valence-electron chi connectivity index (χ3n) is 4.75. The number of hydrogen-bond acceptors (Lipinski definition) is 10. The summed E-state index contributed by atoms with van der Waals surface area (Å²) in [5.41, 5.74) is 4.95. The molecular weight excluding hydrogens is 382 g/mol. The molecule has 1 aliphatic rings. The van der Waals surface area contributed by atoms with Crippen LogP contribution in [0.3, 0.4) is 0 Å². The van der Waals surface area contributed by atoms with E-state index in [1.165, 1.54) is 10.8 Å². The number of methoxy groups -OCH3 is 1. The molecule has 0 unspecified atom stereocenters. The lowest BCUT2D eigenvalue weighted by atomic mass is 9.94. The van der Waals surface area contributed by atoms with Gasteiger partial charge in [-0.25, -0.2) is 14.3 Å². The minimum atomic E-state index is -1.68. The zero-order chi connectivity index (χ0) is 21.0. The first-order valence-electron chi connectivity index (χ1n) is 9.09. The molecule has 0 aromatic carbocycles. The lowest BCUT2D eigenvalue weighted by Crippen LogP contribution is -2.36. The summed E-state index contributed by atoms with van der Waals surface area (Å²) in [4.78, 5) is 15.7. The second-order valence-electron chi connectivity index (χ2n) is 6.77. The first-order valence-corrected chi connectivity index (χ1v) is 9.09. The number of fused-ring (bicyclic) bond motifs is 1. The zero-order valence-electron chi connectivity index (χ0n) is 16.1. The minimum Gasteiger partial charge on any atom is -0.432 e. The van der Waals surface area contributed by atoms with Crippen molar-refractivity contribution in [2.45, 2.75) is 43.7 Å². The lowest BCUT2D eigenvalue weighted by molar-refractivity contribution is -0.0720. The molecule has 3 rings (SSSR count). The average molecular weight is 405 g/mol. The fourth-order valence-corrected chi connectivity index (χ4v) is 3.23. The average Bonchev–Trinajstić information content (AvgIpc) is 3.27. The number of nitrogens with zero attached hydrogens (tertiary/aromatic N) is 4. The molecule has 3 N–H and O–H groups in total. The summed E-state index contributed by atoms with van der Waals surface area (Å²) in [6, 6.07) is 5.27. The normalized spacial score (nSPS) is 24.9. The van der Waals surface area contributed by atoms with Crippen LogP contribution in [0.15, 0.2) is 18.5 Å². The van der Waals surface area contributed by atoms with Crippen molar-refractivity contribution in [2.24, 2.45) is 0 Å². The van der Waals surface area contributed by atoms with E-state index >= 15 is 0 Å². The Morgan fingerprint density at radius 2 is 2.38 bits per heavy atom. The molecule has 1 saturated heterocycles. The van der Waals surface area contributed by atoms with Crippen LogP contribution in [0.25, 0.3) is 5.52 Å². The number of nitriles is 1. The third kappa shape index (κ3) is 4.09. The maximum atomic E-state index is 11.8. The molecule has 4 atom stereocenters. The van der Waals surface area contributed by atoms with Gasteiger partial charge in [0.2, 0.25) is 5.60 Å². The fourth-order valence-electron chi connectivity index (χ4n) is 3.23. The van der Waals surface area contributed by atoms with Gasteiger partial charge in [-0.05, 0) is 19.1 Å². The van der Waals surface area contributed by atoms with Crippen molar-refractivity contribution in [1.82, 2.24) is 14.6 Å². The molecule has 0 radical (unpaired) electrons. The number of anilines is 1. The number of rotatable bonds is 7. The Morgan fingerprint density at radius 1 is 1.59 bits per heavy atom. The molecule has 156 valence electrons. The standard InChI is InChI=1S/C18H23N5O6/c1-11(5-6-26-2)28-17(25)27-8-12-7-15(24)18(9-19,29-12)14-4-3-13-16(20)21-10-22-23(13)14/h3-4,10-12,15,24H,5-8H2,1-2H3,(H2,20,21,22)/t11-,12+,15-,18+/m1/s1. The summed E-state index contributed by atoms with van der Waals surface area (Å²) in [7, 11) is 1.56. The first-order chi connectivity index (χ1) is 13.9. The van der Waals surface area contributed by atoms with Crippen molar-refractivity contribution < 1.29 is 28.8 Å². The number of ether oxygens (including phenoxy) is 4. The number of nitrogens with two attached hydrogens (primary N) is 1. The molecule has 11 nitrogen and oxygen atoms in total. The van der Waals surface area contributed by atoms with E-state index in [9.17, 15) is 15.2 Å². The van der Waals surface area contributed by atoms with Crippen molar-refractivity contribution in [1.29, 1.82) is 5.26 Å². The van der Waals surface area contributed by atoms with Crippen molar-refractivity contribution in [3.8, 4) is 6.07 Å². The molecule has 2 aromatic heterocycles. The van der Waals surface area contributed by atoms with Crippen molar-refractivity contribution in [3.63, 3.8) is 0 Å². The van der Waals surface area contributed by atoms with Crippen LogP contribution in [0, 0.1) is 11.3 Å². The Morgan fingerprint density at radius 3 is 3.10 bits per heavy atom. The van der Waals surface area contributed by atoms with Gasteiger partial charge in [0.1, 0.15) is 36.7 Å². The van der Waals surface area contributed by atoms with Gasteiger partial charge in [0.15, 0.2) is 5.82 Å². The Balaban J connectivity index is 1.68. The number of carbonyl (C=O) groups is 1. The molecule has 1 fully saturated rings. The van der Waals surface area contributed by atoms with E-state index in [0.29, 0.717) is 24.2 Å². The Kier molecular flexibility index (Phi) is 6.17. The second kappa shape index (κ2) is 8.60. The van der Waals surface area contributed by atoms with Gasteiger partial charge in [0.05, 0.1) is 11.8 Å². The van der Waals surface area contributed by atoms with Gasteiger partial charge < -0.3 is 29.8 Å². The summed E-state index contributed by atoms with van der Waals surface area (Å²) in [5, 5.41) is 24.5. The second-order valence-corrected chi connectivity index (χ2v) is 6.77. The van der Waals surface area contributed by atoms with Gasteiger partial charge in [-0.1, -0.05) is 0 Å². The van der Waals surface area contributed by atoms with Gasteiger partial charge in [-0.3, -0.25) is 0 Å². The van der Waals surface area contributed by atoms with Crippen LogP contribution in [0.1, 0.15) is 25.5 Å². The highest BCUT2D eigenvalue weighted by molar-refractivity contribution is 5.66. The highest BCUT2D eigenvalue weighted by atomic mass is 16.7. The van der Waals surface area contributed by atoms with E-state index < -0.39 is 24.0 Å². The monoisotopic (exact) mass is 405 g/mol. The molecule has 11 heteroatoms. The zero-order valence-corrected chi connectivity index (χ0v) is 16.1. The Hall–Kier alpha value is -2.94. The van der Waals surface area contributed by atoms with Gasteiger partial charge >= 0.3 is 6.16 Å². The smallest absolute Gasteiger partial charge is 0.432 e. The van der Waals surface area contributed by atoms with E-state index in [0.717, 1.165) is 0 Å². The van der Waals surface area contributed by atoms with Crippen LogP contribution in [0.2, 0.25) is 0 Å².